The van der Waals surface area contributed by atoms with Crippen molar-refractivity contribution in [2.75, 3.05) is 11.9 Å². The number of hydrogen-bond acceptors (Lipinski definition) is 4. The third-order valence-corrected chi connectivity index (χ3v) is 3.48. The molecule has 0 aliphatic carbocycles. The first-order valence-corrected chi connectivity index (χ1v) is 7.52. The zero-order valence-electron chi connectivity index (χ0n) is 13.1. The molecule has 0 radical (unpaired) electrons. The highest BCUT2D eigenvalue weighted by Crippen LogP contribution is 2.27. The van der Waals surface area contributed by atoms with Gasteiger partial charge in [-0.2, -0.15) is 0 Å². The average Bonchev–Trinajstić information content (AvgIpc) is 2.91. The molecule has 1 N–H and O–H groups in total. The summed E-state index contributed by atoms with van der Waals surface area (Å²) in [4.78, 5) is 16.9. The van der Waals surface area contributed by atoms with E-state index >= 15 is 0 Å². The molecule has 3 rings (SSSR count). The monoisotopic (exact) mass is 310 g/mol. The topological polar surface area (TPSA) is 64.4 Å². The van der Waals surface area contributed by atoms with Crippen LogP contribution in [-0.4, -0.2) is 17.5 Å². The smallest absolute Gasteiger partial charge is 0.292 e. The van der Waals surface area contributed by atoms with Gasteiger partial charge in [-0.15, -0.1) is 0 Å². The number of benzene rings is 1. The fourth-order valence-corrected chi connectivity index (χ4v) is 2.42. The molecule has 23 heavy (non-hydrogen) atoms. The number of nitrogens with zero attached hydrogens (tertiary/aromatic N) is 1. The zero-order chi connectivity index (χ0) is 16.2. The van der Waals surface area contributed by atoms with Crippen LogP contribution >= 0.6 is 0 Å². The molecule has 2 aromatic heterocycles. The standard InChI is InChI=1S/C18H18N2O3/c1-3-22-11-14-13-8-4-5-9-15(13)23-17(14)18(21)20-16-10-6-7-12(2)19-16/h4-10H,3,11H2,1-2H3,(H,19,20,21). The predicted octanol–water partition coefficient (Wildman–Crippen LogP) is 3.93. The Bertz CT molecular complexity index is 839. The highest BCUT2D eigenvalue weighted by molar-refractivity contribution is 6.06. The second kappa shape index (κ2) is 6.62. The van der Waals surface area contributed by atoms with E-state index in [0.717, 1.165) is 16.6 Å². The maximum Gasteiger partial charge on any atom is 0.292 e. The van der Waals surface area contributed by atoms with Crippen LogP contribution in [0.1, 0.15) is 28.7 Å². The summed E-state index contributed by atoms with van der Waals surface area (Å²) < 4.78 is 11.2. The number of hydrogen-bond donors (Lipinski definition) is 1. The van der Waals surface area contributed by atoms with Crippen LogP contribution in [-0.2, 0) is 11.3 Å². The molecule has 0 aliphatic rings. The van der Waals surface area contributed by atoms with Gasteiger partial charge < -0.3 is 14.5 Å². The fourth-order valence-electron chi connectivity index (χ4n) is 2.42. The van der Waals surface area contributed by atoms with Gasteiger partial charge in [0.25, 0.3) is 5.91 Å². The highest BCUT2D eigenvalue weighted by atomic mass is 16.5. The van der Waals surface area contributed by atoms with Gasteiger partial charge in [0.15, 0.2) is 5.76 Å². The minimum absolute atomic E-state index is 0.267. The molecule has 1 amide bonds. The molecular weight excluding hydrogens is 292 g/mol. The Morgan fingerprint density at radius 1 is 1.22 bits per heavy atom. The molecule has 5 heteroatoms. The molecular formula is C18H18N2O3. The van der Waals surface area contributed by atoms with Gasteiger partial charge in [0.2, 0.25) is 0 Å². The summed E-state index contributed by atoms with van der Waals surface area (Å²) in [5, 5.41) is 3.67. The number of furan rings is 1. The second-order valence-corrected chi connectivity index (χ2v) is 5.16. The molecule has 0 bridgehead atoms. The first-order chi connectivity index (χ1) is 11.2. The first kappa shape index (κ1) is 15.2. The quantitative estimate of drug-likeness (QED) is 0.775. The van der Waals surface area contributed by atoms with Crippen molar-refractivity contribution in [2.45, 2.75) is 20.5 Å². The lowest BCUT2D eigenvalue weighted by Crippen LogP contribution is -2.14. The van der Waals surface area contributed by atoms with Gasteiger partial charge in [-0.25, -0.2) is 4.98 Å². The zero-order valence-corrected chi connectivity index (χ0v) is 13.1. The number of nitrogens with one attached hydrogen (secondary N) is 1. The number of aromatic nitrogens is 1. The molecule has 0 saturated carbocycles. The number of aryl methyl sites for hydroxylation is 1. The summed E-state index contributed by atoms with van der Waals surface area (Å²) in [6.45, 7) is 4.69. The predicted molar refractivity (Wildman–Crippen MR) is 88.5 cm³/mol. The Morgan fingerprint density at radius 2 is 2.04 bits per heavy atom. The van der Waals surface area contributed by atoms with E-state index in [1.54, 1.807) is 6.07 Å². The first-order valence-electron chi connectivity index (χ1n) is 7.52. The molecule has 3 aromatic rings. The summed E-state index contributed by atoms with van der Waals surface area (Å²) >= 11 is 0. The lowest BCUT2D eigenvalue weighted by atomic mass is 10.1. The molecule has 2 heterocycles. The molecule has 118 valence electrons. The molecule has 0 unspecified atom stereocenters. The lowest BCUT2D eigenvalue weighted by molar-refractivity contribution is 0.0984. The number of rotatable bonds is 5. The molecule has 1 aromatic carbocycles. The number of pyridine rings is 1. The van der Waals surface area contributed by atoms with E-state index in [0.29, 0.717) is 24.6 Å². The van der Waals surface area contributed by atoms with Gasteiger partial charge in [0.1, 0.15) is 11.4 Å². The summed E-state index contributed by atoms with van der Waals surface area (Å²) in [5.74, 6) is 0.440. The third-order valence-electron chi connectivity index (χ3n) is 3.48. The molecule has 0 spiro atoms. The van der Waals surface area contributed by atoms with Crippen LogP contribution in [0.25, 0.3) is 11.0 Å². The van der Waals surface area contributed by atoms with Crippen molar-refractivity contribution in [2.24, 2.45) is 0 Å². The number of carbonyl (C=O) groups is 1. The fraction of sp³-hybridized carbons (Fsp3) is 0.222. The van der Waals surface area contributed by atoms with E-state index in [-0.39, 0.29) is 11.7 Å². The average molecular weight is 310 g/mol. The number of anilines is 1. The Morgan fingerprint density at radius 3 is 2.83 bits per heavy atom. The van der Waals surface area contributed by atoms with E-state index < -0.39 is 0 Å². The van der Waals surface area contributed by atoms with Crippen molar-refractivity contribution in [3.05, 3.63) is 59.5 Å². The summed E-state index contributed by atoms with van der Waals surface area (Å²) in [7, 11) is 0. The van der Waals surface area contributed by atoms with E-state index in [1.165, 1.54) is 0 Å². The van der Waals surface area contributed by atoms with Crippen LogP contribution in [0.15, 0.2) is 46.9 Å². The van der Waals surface area contributed by atoms with Crippen molar-refractivity contribution < 1.29 is 13.9 Å². The number of ether oxygens (including phenoxy) is 1. The number of fused-ring (bicyclic) bond motifs is 1. The normalized spacial score (nSPS) is 10.9. The maximum absolute atomic E-state index is 12.6. The van der Waals surface area contributed by atoms with Gasteiger partial charge >= 0.3 is 0 Å². The lowest BCUT2D eigenvalue weighted by Gasteiger charge is -2.05. The van der Waals surface area contributed by atoms with E-state index in [2.05, 4.69) is 10.3 Å². The van der Waals surface area contributed by atoms with Crippen LogP contribution in [0.4, 0.5) is 5.82 Å². The summed E-state index contributed by atoms with van der Waals surface area (Å²) in [6.07, 6.45) is 0. The second-order valence-electron chi connectivity index (χ2n) is 5.16. The van der Waals surface area contributed by atoms with Crippen LogP contribution in [0.3, 0.4) is 0 Å². The van der Waals surface area contributed by atoms with Gasteiger partial charge in [0.05, 0.1) is 6.61 Å². The van der Waals surface area contributed by atoms with Crippen molar-refractivity contribution in [1.82, 2.24) is 4.98 Å². The molecule has 0 atom stereocenters. The van der Waals surface area contributed by atoms with Crippen molar-refractivity contribution in [3.63, 3.8) is 0 Å². The van der Waals surface area contributed by atoms with Crippen LogP contribution in [0.5, 0.6) is 0 Å². The van der Waals surface area contributed by atoms with Gasteiger partial charge in [-0.3, -0.25) is 4.79 Å². The minimum Gasteiger partial charge on any atom is -0.451 e. The summed E-state index contributed by atoms with van der Waals surface area (Å²) in [6, 6.07) is 13.0. The van der Waals surface area contributed by atoms with Crippen LogP contribution in [0.2, 0.25) is 0 Å². The van der Waals surface area contributed by atoms with Crippen molar-refractivity contribution >= 4 is 22.7 Å². The SMILES string of the molecule is CCOCc1c(C(=O)Nc2cccc(C)n2)oc2ccccc12. The maximum atomic E-state index is 12.6. The Hall–Kier alpha value is -2.66. The number of amides is 1. The molecule has 0 fully saturated rings. The van der Waals surface area contributed by atoms with Crippen LogP contribution in [0, 0.1) is 6.92 Å². The van der Waals surface area contributed by atoms with Gasteiger partial charge in [-0.05, 0) is 32.0 Å². The third kappa shape index (κ3) is 3.24. The van der Waals surface area contributed by atoms with E-state index in [4.69, 9.17) is 9.15 Å². The molecule has 0 aliphatic heterocycles. The Labute approximate surface area is 134 Å². The van der Waals surface area contributed by atoms with Crippen molar-refractivity contribution in [1.29, 1.82) is 0 Å². The minimum atomic E-state index is -0.325. The number of carbonyl (C=O) groups excluding carboxylic acids is 1. The largest absolute Gasteiger partial charge is 0.451 e. The molecule has 0 saturated heterocycles. The molecule has 5 nitrogen and oxygen atoms in total. The summed E-state index contributed by atoms with van der Waals surface area (Å²) in [5.41, 5.74) is 2.26. The van der Waals surface area contributed by atoms with Gasteiger partial charge in [0, 0.05) is 23.3 Å². The highest BCUT2D eigenvalue weighted by Gasteiger charge is 2.20. The Kier molecular flexibility index (Phi) is 4.39. The van der Waals surface area contributed by atoms with Gasteiger partial charge in [-0.1, -0.05) is 24.3 Å². The number of para-hydroxylation sites is 1. The van der Waals surface area contributed by atoms with E-state index in [1.807, 2.05) is 50.2 Å². The van der Waals surface area contributed by atoms with E-state index in [9.17, 15) is 4.79 Å². The Balaban J connectivity index is 1.95. The van der Waals surface area contributed by atoms with Crippen molar-refractivity contribution in [3.8, 4) is 0 Å². The van der Waals surface area contributed by atoms with Crippen LogP contribution < -0.4 is 5.32 Å².